The zero-order chi connectivity index (χ0) is 22.5. The van der Waals surface area contributed by atoms with Crippen molar-refractivity contribution in [3.05, 3.63) is 83.3 Å². The molecule has 2 N–H and O–H groups in total. The van der Waals surface area contributed by atoms with Crippen LogP contribution in [0.3, 0.4) is 0 Å². The number of aliphatic imine (C=N–C) groups is 1. The molecule has 1 aliphatic rings. The van der Waals surface area contributed by atoms with Crippen molar-refractivity contribution in [1.82, 2.24) is 5.32 Å². The van der Waals surface area contributed by atoms with Gasteiger partial charge in [-0.05, 0) is 50.3 Å². The predicted molar refractivity (Wildman–Crippen MR) is 128 cm³/mol. The fraction of sp³-hybridized carbons (Fsp3) is 0.320. The van der Waals surface area contributed by atoms with E-state index in [9.17, 15) is 5.26 Å². The summed E-state index contributed by atoms with van der Waals surface area (Å²) in [6.45, 7) is 6.62. The SMILES string of the molecule is C=C/C=C(C#N)\C(=C/C)OCCCCNC(=N)C1=C(/N=C/Cl)C(c2ccccc2)CC1. The van der Waals surface area contributed by atoms with Crippen molar-refractivity contribution in [3.8, 4) is 6.07 Å². The number of amidine groups is 1. The summed E-state index contributed by atoms with van der Waals surface area (Å²) in [5.41, 5.74) is 4.74. The largest absolute Gasteiger partial charge is 0.493 e. The zero-order valence-electron chi connectivity index (χ0n) is 17.9. The minimum absolute atomic E-state index is 0.166. The van der Waals surface area contributed by atoms with Crippen molar-refractivity contribution in [3.63, 3.8) is 0 Å². The van der Waals surface area contributed by atoms with Gasteiger partial charge in [-0.1, -0.05) is 54.6 Å². The number of nitrogens with zero attached hydrogens (tertiary/aromatic N) is 2. The molecule has 1 unspecified atom stereocenters. The average molecular weight is 437 g/mol. The molecule has 0 amide bonds. The van der Waals surface area contributed by atoms with Crippen LogP contribution in [0.5, 0.6) is 0 Å². The smallest absolute Gasteiger partial charge is 0.132 e. The molecule has 0 saturated carbocycles. The van der Waals surface area contributed by atoms with Gasteiger partial charge in [0.2, 0.25) is 0 Å². The third kappa shape index (κ3) is 6.97. The normalized spacial score (nSPS) is 17.0. The van der Waals surface area contributed by atoms with Crippen molar-refractivity contribution in [1.29, 1.82) is 10.7 Å². The van der Waals surface area contributed by atoms with Crippen molar-refractivity contribution in [2.45, 2.75) is 38.5 Å². The molecule has 0 heterocycles. The van der Waals surface area contributed by atoms with Gasteiger partial charge in [0.25, 0.3) is 0 Å². The standard InChI is InChI=1S/C25H29ClN4O/c1-3-10-20(17-27)23(4-2)31-16-9-8-15-29-25(28)22-14-13-21(24(22)30-18-26)19-11-6-5-7-12-19/h3-7,10-12,18,21H,1,8-9,13-16H2,2H3,(H2,28,29)/b20-10-,23-4+,30-18+. The van der Waals surface area contributed by atoms with Gasteiger partial charge in [-0.3, -0.25) is 5.41 Å². The van der Waals surface area contributed by atoms with Gasteiger partial charge in [0, 0.05) is 18.0 Å². The Morgan fingerprint density at radius 1 is 1.39 bits per heavy atom. The molecule has 31 heavy (non-hydrogen) atoms. The number of halogens is 1. The molecule has 1 atom stereocenters. The maximum atomic E-state index is 9.17. The Kier molecular flexibility index (Phi) is 10.3. The van der Waals surface area contributed by atoms with Crippen LogP contribution in [0.2, 0.25) is 0 Å². The molecule has 0 spiro atoms. The lowest BCUT2D eigenvalue weighted by atomic mass is 9.96. The van der Waals surface area contributed by atoms with Crippen molar-refractivity contribution >= 4 is 23.1 Å². The molecule has 1 aromatic carbocycles. The second-order valence-corrected chi connectivity index (χ2v) is 7.23. The first kappa shape index (κ1) is 24.2. The summed E-state index contributed by atoms with van der Waals surface area (Å²) in [5, 5.41) is 20.8. The Morgan fingerprint density at radius 2 is 2.16 bits per heavy atom. The van der Waals surface area contributed by atoms with E-state index in [0.717, 1.165) is 37.0 Å². The van der Waals surface area contributed by atoms with Gasteiger partial charge < -0.3 is 10.1 Å². The monoisotopic (exact) mass is 436 g/mol. The van der Waals surface area contributed by atoms with Crippen LogP contribution in [-0.2, 0) is 4.74 Å². The van der Waals surface area contributed by atoms with E-state index in [2.05, 4.69) is 35.1 Å². The third-order valence-electron chi connectivity index (χ3n) is 5.08. The van der Waals surface area contributed by atoms with Gasteiger partial charge >= 0.3 is 0 Å². The predicted octanol–water partition coefficient (Wildman–Crippen LogP) is 5.99. The van der Waals surface area contributed by atoms with Crippen LogP contribution in [0.4, 0.5) is 0 Å². The van der Waals surface area contributed by atoms with E-state index in [0.29, 0.717) is 30.3 Å². The molecule has 0 aromatic heterocycles. The summed E-state index contributed by atoms with van der Waals surface area (Å²) in [4.78, 5) is 4.38. The number of nitriles is 1. The van der Waals surface area contributed by atoms with Gasteiger partial charge in [-0.25, -0.2) is 4.99 Å². The van der Waals surface area contributed by atoms with Crippen molar-refractivity contribution in [2.24, 2.45) is 4.99 Å². The van der Waals surface area contributed by atoms with Crippen LogP contribution in [0, 0.1) is 16.7 Å². The summed E-state index contributed by atoms with van der Waals surface area (Å²) in [6, 6.07) is 12.3. The van der Waals surface area contributed by atoms with Gasteiger partial charge in [0.15, 0.2) is 0 Å². The Morgan fingerprint density at radius 3 is 2.81 bits per heavy atom. The van der Waals surface area contributed by atoms with Gasteiger partial charge in [-0.2, -0.15) is 5.26 Å². The van der Waals surface area contributed by atoms with E-state index in [1.54, 1.807) is 18.2 Å². The lowest BCUT2D eigenvalue weighted by Gasteiger charge is -2.13. The molecule has 5 nitrogen and oxygen atoms in total. The fourth-order valence-electron chi connectivity index (χ4n) is 3.59. The molecule has 1 aromatic rings. The molecule has 0 aliphatic heterocycles. The maximum Gasteiger partial charge on any atom is 0.132 e. The highest BCUT2D eigenvalue weighted by molar-refractivity contribution is 6.56. The van der Waals surface area contributed by atoms with Gasteiger partial charge in [0.1, 0.15) is 17.7 Å². The first-order valence-electron chi connectivity index (χ1n) is 10.4. The summed E-state index contributed by atoms with van der Waals surface area (Å²) in [7, 11) is 0. The number of hydrogen-bond donors (Lipinski definition) is 2. The minimum Gasteiger partial charge on any atom is -0.493 e. The topological polar surface area (TPSA) is 81.3 Å². The molecule has 2 rings (SSSR count). The first-order valence-corrected chi connectivity index (χ1v) is 10.9. The fourth-order valence-corrected chi connectivity index (χ4v) is 3.69. The number of allylic oxidation sites excluding steroid dienone is 5. The van der Waals surface area contributed by atoms with Crippen LogP contribution in [-0.4, -0.2) is 24.7 Å². The molecular weight excluding hydrogens is 408 g/mol. The average Bonchev–Trinajstić information content (AvgIpc) is 3.22. The zero-order valence-corrected chi connectivity index (χ0v) is 18.7. The second kappa shape index (κ2) is 13.3. The van der Waals surface area contributed by atoms with Gasteiger partial charge in [0.05, 0.1) is 23.6 Å². The number of rotatable bonds is 11. The highest BCUT2D eigenvalue weighted by Crippen LogP contribution is 2.40. The lowest BCUT2D eigenvalue weighted by molar-refractivity contribution is 0.215. The Labute approximate surface area is 190 Å². The van der Waals surface area contributed by atoms with Crippen LogP contribution in [0.1, 0.15) is 44.1 Å². The second-order valence-electron chi connectivity index (χ2n) is 7.03. The molecule has 6 heteroatoms. The first-order chi connectivity index (χ1) is 15.2. The van der Waals surface area contributed by atoms with E-state index in [4.69, 9.17) is 21.7 Å². The Bertz CT molecular complexity index is 923. The van der Waals surface area contributed by atoms with Crippen LogP contribution in [0.15, 0.2) is 82.7 Å². The van der Waals surface area contributed by atoms with E-state index in [1.165, 1.54) is 11.2 Å². The lowest BCUT2D eigenvalue weighted by Crippen LogP contribution is -2.25. The Hall–Kier alpha value is -3.10. The quantitative estimate of drug-likeness (QED) is 0.112. The summed E-state index contributed by atoms with van der Waals surface area (Å²) < 4.78 is 5.71. The Balaban J connectivity index is 1.85. The van der Waals surface area contributed by atoms with E-state index in [-0.39, 0.29) is 5.92 Å². The molecule has 162 valence electrons. The molecule has 0 saturated heterocycles. The van der Waals surface area contributed by atoms with Gasteiger partial charge in [-0.15, -0.1) is 0 Å². The number of hydrogen-bond acceptors (Lipinski definition) is 4. The number of nitrogens with one attached hydrogen (secondary N) is 2. The van der Waals surface area contributed by atoms with Crippen molar-refractivity contribution < 1.29 is 4.74 Å². The van der Waals surface area contributed by atoms with Crippen LogP contribution >= 0.6 is 11.6 Å². The minimum atomic E-state index is 0.166. The molecule has 0 fully saturated rings. The number of benzene rings is 1. The molecule has 1 aliphatic carbocycles. The molecule has 0 bridgehead atoms. The highest BCUT2D eigenvalue weighted by Gasteiger charge is 2.28. The van der Waals surface area contributed by atoms with E-state index in [1.807, 2.05) is 25.1 Å². The molecule has 0 radical (unpaired) electrons. The van der Waals surface area contributed by atoms with E-state index >= 15 is 0 Å². The summed E-state index contributed by atoms with van der Waals surface area (Å²) in [5.74, 6) is 1.14. The number of ether oxygens (including phenoxy) is 1. The molecular formula is C25H29ClN4O. The van der Waals surface area contributed by atoms with Crippen LogP contribution < -0.4 is 5.32 Å². The van der Waals surface area contributed by atoms with Crippen LogP contribution in [0.25, 0.3) is 0 Å². The maximum absolute atomic E-state index is 9.17. The van der Waals surface area contributed by atoms with E-state index < -0.39 is 0 Å². The van der Waals surface area contributed by atoms with Crippen molar-refractivity contribution in [2.75, 3.05) is 13.2 Å². The summed E-state index contributed by atoms with van der Waals surface area (Å²) >= 11 is 5.79. The summed E-state index contributed by atoms with van der Waals surface area (Å²) in [6.07, 6.45) is 8.36. The highest BCUT2D eigenvalue weighted by atomic mass is 35.5. The third-order valence-corrected chi connectivity index (χ3v) is 5.17. The number of unbranched alkanes of at least 4 members (excludes halogenated alkanes) is 1.